The second-order valence-corrected chi connectivity index (χ2v) is 5.72. The minimum Gasteiger partial charge on any atom is -0.381 e. The number of nitrogens with zero attached hydrogens (tertiary/aromatic N) is 2. The molecule has 100 valence electrons. The normalized spacial score (nSPS) is 24.5. The molecule has 1 aliphatic carbocycles. The lowest BCUT2D eigenvalue weighted by Crippen LogP contribution is -2.19. The maximum absolute atomic E-state index is 13.4. The van der Waals surface area contributed by atoms with Crippen molar-refractivity contribution in [3.8, 4) is 0 Å². The molecule has 0 bridgehead atoms. The number of halogens is 1. The van der Waals surface area contributed by atoms with Gasteiger partial charge in [0, 0.05) is 5.92 Å². The van der Waals surface area contributed by atoms with E-state index in [9.17, 15) is 4.39 Å². The van der Waals surface area contributed by atoms with Crippen LogP contribution in [0.1, 0.15) is 57.0 Å². The molecule has 1 fully saturated rings. The Kier molecular flexibility index (Phi) is 3.83. The van der Waals surface area contributed by atoms with Gasteiger partial charge in [-0.3, -0.25) is 0 Å². The van der Waals surface area contributed by atoms with Crippen LogP contribution in [0, 0.1) is 24.6 Å². The predicted octanol–water partition coefficient (Wildman–Crippen LogP) is 3.44. The molecule has 18 heavy (non-hydrogen) atoms. The molecule has 0 radical (unpaired) electrons. The van der Waals surface area contributed by atoms with Gasteiger partial charge in [0.25, 0.3) is 0 Å². The Labute approximate surface area is 108 Å². The van der Waals surface area contributed by atoms with Gasteiger partial charge >= 0.3 is 0 Å². The van der Waals surface area contributed by atoms with Gasteiger partial charge in [-0.25, -0.2) is 14.4 Å². The molecule has 0 atom stereocenters. The van der Waals surface area contributed by atoms with Gasteiger partial charge in [0.15, 0.2) is 11.6 Å². The third-order valence-corrected chi connectivity index (χ3v) is 4.14. The molecule has 1 heterocycles. The first kappa shape index (κ1) is 13.2. The van der Waals surface area contributed by atoms with E-state index in [-0.39, 0.29) is 5.82 Å². The van der Waals surface area contributed by atoms with Gasteiger partial charge in [-0.15, -0.1) is 0 Å². The van der Waals surface area contributed by atoms with E-state index >= 15 is 0 Å². The summed E-state index contributed by atoms with van der Waals surface area (Å²) < 4.78 is 13.4. The molecule has 2 rings (SSSR count). The van der Waals surface area contributed by atoms with E-state index < -0.39 is 5.82 Å². The van der Waals surface area contributed by atoms with Crippen molar-refractivity contribution in [2.75, 3.05) is 5.73 Å². The molecule has 0 spiro atoms. The number of aromatic nitrogens is 2. The molecule has 0 aromatic carbocycles. The molecule has 1 aromatic heterocycles. The third-order valence-electron chi connectivity index (χ3n) is 4.14. The molecule has 2 N–H and O–H groups in total. The first-order valence-corrected chi connectivity index (χ1v) is 6.78. The second-order valence-electron chi connectivity index (χ2n) is 5.72. The van der Waals surface area contributed by atoms with E-state index in [0.29, 0.717) is 11.6 Å². The lowest BCUT2D eigenvalue weighted by atomic mass is 9.76. The lowest BCUT2D eigenvalue weighted by Gasteiger charge is -2.30. The highest BCUT2D eigenvalue weighted by Gasteiger charge is 2.26. The monoisotopic (exact) mass is 251 g/mol. The van der Waals surface area contributed by atoms with E-state index in [1.165, 1.54) is 12.8 Å². The minimum absolute atomic E-state index is 0.0107. The highest BCUT2D eigenvalue weighted by molar-refractivity contribution is 5.32. The smallest absolute Gasteiger partial charge is 0.186 e. The first-order valence-electron chi connectivity index (χ1n) is 6.78. The van der Waals surface area contributed by atoms with E-state index in [4.69, 9.17) is 5.73 Å². The largest absolute Gasteiger partial charge is 0.381 e. The minimum atomic E-state index is -0.477. The Bertz CT molecular complexity index is 400. The SMILES string of the molecule is Cc1nc(C2CCC(C(C)C)CC2)nc(N)c1F. The van der Waals surface area contributed by atoms with Crippen molar-refractivity contribution in [3.05, 3.63) is 17.3 Å². The molecule has 0 saturated heterocycles. The van der Waals surface area contributed by atoms with Crippen LogP contribution in [0.4, 0.5) is 10.2 Å². The lowest BCUT2D eigenvalue weighted by molar-refractivity contribution is 0.254. The highest BCUT2D eigenvalue weighted by atomic mass is 19.1. The summed E-state index contributed by atoms with van der Waals surface area (Å²) in [6, 6.07) is 0. The fourth-order valence-corrected chi connectivity index (χ4v) is 2.83. The number of nitrogen functional groups attached to an aromatic ring is 1. The van der Waals surface area contributed by atoms with Gasteiger partial charge in [-0.1, -0.05) is 13.8 Å². The summed E-state index contributed by atoms with van der Waals surface area (Å²) in [4.78, 5) is 8.38. The quantitative estimate of drug-likeness (QED) is 0.876. The van der Waals surface area contributed by atoms with Crippen molar-refractivity contribution in [2.45, 2.75) is 52.4 Å². The van der Waals surface area contributed by atoms with Crippen LogP contribution < -0.4 is 5.73 Å². The highest BCUT2D eigenvalue weighted by Crippen LogP contribution is 2.37. The van der Waals surface area contributed by atoms with Gasteiger partial charge in [-0.2, -0.15) is 0 Å². The number of hydrogen-bond donors (Lipinski definition) is 1. The summed E-state index contributed by atoms with van der Waals surface area (Å²) in [7, 11) is 0. The van der Waals surface area contributed by atoms with Crippen LogP contribution in [-0.2, 0) is 0 Å². The van der Waals surface area contributed by atoms with Gasteiger partial charge in [0.1, 0.15) is 5.82 Å². The van der Waals surface area contributed by atoms with Crippen molar-refractivity contribution < 1.29 is 4.39 Å². The molecule has 1 aromatic rings. The molecule has 1 saturated carbocycles. The Morgan fingerprint density at radius 1 is 1.17 bits per heavy atom. The van der Waals surface area contributed by atoms with Crippen LogP contribution in [0.5, 0.6) is 0 Å². The summed E-state index contributed by atoms with van der Waals surface area (Å²) in [6.45, 7) is 6.21. The number of nitrogens with two attached hydrogens (primary N) is 1. The van der Waals surface area contributed by atoms with E-state index in [1.54, 1.807) is 6.92 Å². The zero-order valence-electron chi connectivity index (χ0n) is 11.4. The summed E-state index contributed by atoms with van der Waals surface area (Å²) in [5, 5.41) is 0. The zero-order valence-corrected chi connectivity index (χ0v) is 11.4. The Balaban J connectivity index is 2.10. The Morgan fingerprint density at radius 3 is 2.28 bits per heavy atom. The number of rotatable bonds is 2. The molecule has 0 amide bonds. The van der Waals surface area contributed by atoms with Crippen molar-refractivity contribution in [2.24, 2.45) is 11.8 Å². The summed E-state index contributed by atoms with van der Waals surface area (Å²) in [5.41, 5.74) is 5.94. The van der Waals surface area contributed by atoms with Crippen LogP contribution >= 0.6 is 0 Å². The second kappa shape index (κ2) is 5.21. The van der Waals surface area contributed by atoms with Crippen LogP contribution in [0.3, 0.4) is 0 Å². The summed E-state index contributed by atoms with van der Waals surface area (Å²) in [5.74, 6) is 2.14. The fraction of sp³-hybridized carbons (Fsp3) is 0.714. The fourth-order valence-electron chi connectivity index (χ4n) is 2.83. The van der Waals surface area contributed by atoms with Crippen molar-refractivity contribution in [1.82, 2.24) is 9.97 Å². The first-order chi connectivity index (χ1) is 8.49. The van der Waals surface area contributed by atoms with Gasteiger partial charge in [-0.05, 0) is 44.4 Å². The molecular weight excluding hydrogens is 229 g/mol. The summed E-state index contributed by atoms with van der Waals surface area (Å²) in [6.07, 6.45) is 4.60. The van der Waals surface area contributed by atoms with Crippen molar-refractivity contribution in [1.29, 1.82) is 0 Å². The third kappa shape index (κ3) is 2.62. The molecule has 3 nitrogen and oxygen atoms in total. The van der Waals surface area contributed by atoms with Crippen molar-refractivity contribution in [3.63, 3.8) is 0 Å². The van der Waals surface area contributed by atoms with Crippen LogP contribution in [0.15, 0.2) is 0 Å². The van der Waals surface area contributed by atoms with E-state index in [2.05, 4.69) is 23.8 Å². The van der Waals surface area contributed by atoms with Crippen LogP contribution in [0.2, 0.25) is 0 Å². The molecule has 1 aliphatic rings. The van der Waals surface area contributed by atoms with Gasteiger partial charge in [0.2, 0.25) is 0 Å². The maximum Gasteiger partial charge on any atom is 0.186 e. The molecule has 0 aliphatic heterocycles. The Morgan fingerprint density at radius 2 is 1.78 bits per heavy atom. The standard InChI is InChI=1S/C14H22FN3/c1-8(2)10-4-6-11(7-5-10)14-17-9(3)12(15)13(16)18-14/h8,10-11H,4-7H2,1-3H3,(H2,16,17,18). The van der Waals surface area contributed by atoms with E-state index in [1.807, 2.05) is 0 Å². The molecule has 0 unspecified atom stereocenters. The molecular formula is C14H22FN3. The average molecular weight is 251 g/mol. The maximum atomic E-state index is 13.4. The number of aryl methyl sites for hydroxylation is 1. The molecule has 4 heteroatoms. The van der Waals surface area contributed by atoms with Gasteiger partial charge in [0.05, 0.1) is 5.69 Å². The summed E-state index contributed by atoms with van der Waals surface area (Å²) >= 11 is 0. The Hall–Kier alpha value is -1.19. The van der Waals surface area contributed by atoms with Crippen LogP contribution in [-0.4, -0.2) is 9.97 Å². The number of hydrogen-bond acceptors (Lipinski definition) is 3. The predicted molar refractivity (Wildman–Crippen MR) is 70.7 cm³/mol. The number of anilines is 1. The van der Waals surface area contributed by atoms with Crippen molar-refractivity contribution >= 4 is 5.82 Å². The van der Waals surface area contributed by atoms with Crippen LogP contribution in [0.25, 0.3) is 0 Å². The van der Waals surface area contributed by atoms with Gasteiger partial charge < -0.3 is 5.73 Å². The topological polar surface area (TPSA) is 51.8 Å². The van der Waals surface area contributed by atoms with E-state index in [0.717, 1.165) is 30.5 Å². The average Bonchev–Trinajstić information content (AvgIpc) is 2.35. The zero-order chi connectivity index (χ0) is 13.3.